The standard InChI is InChI=1S/C17H14ClNO2/c1-2-11-6-7-15-14(9-11)16(20)17(21)19(15)10-12-4-3-5-13(18)8-12/h3-9H,2,10H2,1H3. The molecule has 3 rings (SSSR count). The van der Waals surface area contributed by atoms with E-state index in [0.717, 1.165) is 17.5 Å². The van der Waals surface area contributed by atoms with Gasteiger partial charge in [0.2, 0.25) is 0 Å². The van der Waals surface area contributed by atoms with Crippen molar-refractivity contribution in [3.05, 3.63) is 64.2 Å². The number of hydrogen-bond acceptors (Lipinski definition) is 2. The fourth-order valence-corrected chi connectivity index (χ4v) is 2.76. The van der Waals surface area contributed by atoms with Crippen molar-refractivity contribution < 1.29 is 9.59 Å². The number of nitrogens with zero attached hydrogens (tertiary/aromatic N) is 1. The van der Waals surface area contributed by atoms with Crippen molar-refractivity contribution in [3.8, 4) is 0 Å². The van der Waals surface area contributed by atoms with Crippen LogP contribution < -0.4 is 4.90 Å². The van der Waals surface area contributed by atoms with Crippen LogP contribution in [0.4, 0.5) is 5.69 Å². The molecule has 2 aromatic rings. The summed E-state index contributed by atoms with van der Waals surface area (Å²) in [6.07, 6.45) is 0.836. The molecule has 0 saturated carbocycles. The summed E-state index contributed by atoms with van der Waals surface area (Å²) in [4.78, 5) is 25.8. The molecule has 21 heavy (non-hydrogen) atoms. The number of carbonyl (C=O) groups is 2. The quantitative estimate of drug-likeness (QED) is 0.812. The van der Waals surface area contributed by atoms with Crippen LogP contribution in [0.15, 0.2) is 42.5 Å². The van der Waals surface area contributed by atoms with Crippen molar-refractivity contribution in [2.45, 2.75) is 19.9 Å². The molecule has 0 atom stereocenters. The van der Waals surface area contributed by atoms with Gasteiger partial charge in [0.1, 0.15) is 0 Å². The second-order valence-corrected chi connectivity index (χ2v) is 5.49. The van der Waals surface area contributed by atoms with Crippen molar-refractivity contribution in [2.75, 3.05) is 4.90 Å². The van der Waals surface area contributed by atoms with Gasteiger partial charge in [0.05, 0.1) is 17.8 Å². The summed E-state index contributed by atoms with van der Waals surface area (Å²) >= 11 is 5.96. The molecule has 0 fully saturated rings. The lowest BCUT2D eigenvalue weighted by Crippen LogP contribution is -2.29. The Hall–Kier alpha value is -2.13. The van der Waals surface area contributed by atoms with Crippen molar-refractivity contribution >= 4 is 29.0 Å². The van der Waals surface area contributed by atoms with E-state index in [-0.39, 0.29) is 0 Å². The van der Waals surface area contributed by atoms with Crippen molar-refractivity contribution in [1.29, 1.82) is 0 Å². The molecule has 0 unspecified atom stereocenters. The molecule has 4 heteroatoms. The second kappa shape index (κ2) is 5.34. The zero-order valence-electron chi connectivity index (χ0n) is 11.6. The lowest BCUT2D eigenvalue weighted by Gasteiger charge is -2.17. The number of aryl methyl sites for hydroxylation is 1. The second-order valence-electron chi connectivity index (χ2n) is 5.06. The van der Waals surface area contributed by atoms with Gasteiger partial charge in [0, 0.05) is 5.02 Å². The summed E-state index contributed by atoms with van der Waals surface area (Å²) in [5, 5.41) is 0.618. The highest BCUT2D eigenvalue weighted by Gasteiger charge is 2.35. The Morgan fingerprint density at radius 2 is 1.86 bits per heavy atom. The largest absolute Gasteiger partial charge is 0.300 e. The molecule has 2 aromatic carbocycles. The van der Waals surface area contributed by atoms with Crippen LogP contribution in [0, 0.1) is 0 Å². The Bertz CT molecular complexity index is 739. The van der Waals surface area contributed by atoms with Crippen molar-refractivity contribution in [1.82, 2.24) is 0 Å². The number of rotatable bonds is 3. The summed E-state index contributed by atoms with van der Waals surface area (Å²) in [5.41, 5.74) is 3.14. The Morgan fingerprint density at radius 3 is 2.57 bits per heavy atom. The Morgan fingerprint density at radius 1 is 1.05 bits per heavy atom. The number of benzene rings is 2. The average Bonchev–Trinajstić information content (AvgIpc) is 2.72. The van der Waals surface area contributed by atoms with Crippen LogP contribution in [0.25, 0.3) is 0 Å². The summed E-state index contributed by atoms with van der Waals surface area (Å²) in [7, 11) is 0. The van der Waals surface area contributed by atoms with E-state index in [9.17, 15) is 9.59 Å². The summed E-state index contributed by atoms with van der Waals surface area (Å²) in [5.74, 6) is -0.902. The number of halogens is 1. The number of amides is 1. The van der Waals surface area contributed by atoms with E-state index in [1.807, 2.05) is 37.3 Å². The van der Waals surface area contributed by atoms with Gasteiger partial charge in [0.15, 0.2) is 0 Å². The molecule has 0 N–H and O–H groups in total. The van der Waals surface area contributed by atoms with Gasteiger partial charge in [-0.1, -0.05) is 36.7 Å². The van der Waals surface area contributed by atoms with E-state index in [2.05, 4.69) is 0 Å². The number of ketones is 1. The molecule has 0 bridgehead atoms. The van der Waals surface area contributed by atoms with Crippen LogP contribution in [0.1, 0.15) is 28.4 Å². The summed E-state index contributed by atoms with van der Waals surface area (Å²) in [6.45, 7) is 2.37. The van der Waals surface area contributed by atoms with Gasteiger partial charge >= 0.3 is 0 Å². The number of hydrogen-bond donors (Lipinski definition) is 0. The SMILES string of the molecule is CCc1ccc2c(c1)C(=O)C(=O)N2Cc1cccc(Cl)c1. The number of Topliss-reactive ketones (excluding diaryl/α,β-unsaturated/α-hetero) is 1. The molecule has 0 spiro atoms. The first-order chi connectivity index (χ1) is 10.1. The predicted octanol–water partition coefficient (Wildman–Crippen LogP) is 3.63. The van der Waals surface area contributed by atoms with Crippen LogP contribution in [-0.4, -0.2) is 11.7 Å². The first-order valence-electron chi connectivity index (χ1n) is 6.83. The third-order valence-corrected chi connectivity index (χ3v) is 3.91. The summed E-state index contributed by atoms with van der Waals surface area (Å²) < 4.78 is 0. The van der Waals surface area contributed by atoms with Gasteiger partial charge in [0.25, 0.3) is 11.7 Å². The third kappa shape index (κ3) is 2.45. The molecular formula is C17H14ClNO2. The summed E-state index contributed by atoms with van der Waals surface area (Å²) in [6, 6.07) is 12.9. The van der Waals surface area contributed by atoms with E-state index in [1.54, 1.807) is 12.1 Å². The highest BCUT2D eigenvalue weighted by atomic mass is 35.5. The minimum absolute atomic E-state index is 0.351. The fourth-order valence-electron chi connectivity index (χ4n) is 2.54. The topological polar surface area (TPSA) is 37.4 Å². The van der Waals surface area contributed by atoms with Crippen LogP contribution in [0.3, 0.4) is 0 Å². The monoisotopic (exact) mass is 299 g/mol. The normalized spacial score (nSPS) is 13.7. The maximum atomic E-state index is 12.2. The number of anilines is 1. The number of fused-ring (bicyclic) bond motifs is 1. The zero-order chi connectivity index (χ0) is 15.0. The molecule has 0 aromatic heterocycles. The van der Waals surface area contributed by atoms with E-state index in [0.29, 0.717) is 22.8 Å². The molecule has 0 aliphatic carbocycles. The first-order valence-corrected chi connectivity index (χ1v) is 7.21. The lowest BCUT2D eigenvalue weighted by atomic mass is 10.1. The molecule has 1 heterocycles. The lowest BCUT2D eigenvalue weighted by molar-refractivity contribution is -0.114. The van der Waals surface area contributed by atoms with Gasteiger partial charge in [-0.25, -0.2) is 0 Å². The number of carbonyl (C=O) groups excluding carboxylic acids is 2. The highest BCUT2D eigenvalue weighted by molar-refractivity contribution is 6.52. The Balaban J connectivity index is 1.98. The fraction of sp³-hybridized carbons (Fsp3) is 0.176. The van der Waals surface area contributed by atoms with Crippen LogP contribution >= 0.6 is 11.6 Å². The van der Waals surface area contributed by atoms with Gasteiger partial charge in [-0.2, -0.15) is 0 Å². The highest BCUT2D eigenvalue weighted by Crippen LogP contribution is 2.31. The smallest absolute Gasteiger partial charge is 0.299 e. The molecule has 1 amide bonds. The maximum absolute atomic E-state index is 12.2. The minimum atomic E-state index is -0.474. The van der Waals surface area contributed by atoms with Gasteiger partial charge < -0.3 is 4.90 Å². The zero-order valence-corrected chi connectivity index (χ0v) is 12.4. The van der Waals surface area contributed by atoms with Crippen LogP contribution in [0.5, 0.6) is 0 Å². The van der Waals surface area contributed by atoms with Crippen molar-refractivity contribution in [2.24, 2.45) is 0 Å². The Labute approximate surface area is 128 Å². The Kier molecular flexibility index (Phi) is 3.52. The molecule has 1 aliphatic rings. The minimum Gasteiger partial charge on any atom is -0.300 e. The van der Waals surface area contributed by atoms with E-state index in [1.165, 1.54) is 4.90 Å². The molecule has 106 valence electrons. The van der Waals surface area contributed by atoms with Crippen molar-refractivity contribution in [3.63, 3.8) is 0 Å². The molecule has 1 aliphatic heterocycles. The van der Waals surface area contributed by atoms with Gasteiger partial charge in [-0.3, -0.25) is 9.59 Å². The van der Waals surface area contributed by atoms with E-state index < -0.39 is 11.7 Å². The van der Waals surface area contributed by atoms with Crippen LogP contribution in [0.2, 0.25) is 5.02 Å². The maximum Gasteiger partial charge on any atom is 0.299 e. The van der Waals surface area contributed by atoms with Crippen LogP contribution in [-0.2, 0) is 17.8 Å². The molecular weight excluding hydrogens is 286 g/mol. The average molecular weight is 300 g/mol. The third-order valence-electron chi connectivity index (χ3n) is 3.67. The molecule has 0 saturated heterocycles. The molecule has 0 radical (unpaired) electrons. The van der Waals surface area contributed by atoms with E-state index >= 15 is 0 Å². The molecule has 3 nitrogen and oxygen atoms in total. The van der Waals surface area contributed by atoms with E-state index in [4.69, 9.17) is 11.6 Å². The van der Waals surface area contributed by atoms with Gasteiger partial charge in [-0.05, 0) is 41.8 Å². The predicted molar refractivity (Wildman–Crippen MR) is 82.8 cm³/mol. The van der Waals surface area contributed by atoms with Gasteiger partial charge in [-0.15, -0.1) is 0 Å². The first kappa shape index (κ1) is 13.8.